The minimum atomic E-state index is -0.101. The first-order chi connectivity index (χ1) is 23.2. The predicted molar refractivity (Wildman–Crippen MR) is 186 cm³/mol. The summed E-state index contributed by atoms with van der Waals surface area (Å²) in [4.78, 5) is 14.5. The van der Waals surface area contributed by atoms with Gasteiger partial charge in [0, 0.05) is 17.4 Å². The van der Waals surface area contributed by atoms with Crippen LogP contribution in [0.25, 0.3) is 22.6 Å². The number of rotatable bonds is 7. The number of hydrogen-bond acceptors (Lipinski definition) is 4. The minimum absolute atomic E-state index is 0.101. The number of carbonyl (C=O) groups is 1. The fourth-order valence-corrected chi connectivity index (χ4v) is 6.51. The number of hydrazone groups is 1. The van der Waals surface area contributed by atoms with Crippen molar-refractivity contribution in [3.05, 3.63) is 161 Å². The Morgan fingerprint density at radius 3 is 1.96 bits per heavy atom. The summed E-state index contributed by atoms with van der Waals surface area (Å²) in [5.41, 5.74) is 9.05. The van der Waals surface area contributed by atoms with Crippen molar-refractivity contribution in [3.8, 4) is 11.6 Å². The van der Waals surface area contributed by atoms with Crippen LogP contribution in [0.4, 0.5) is 5.69 Å². The van der Waals surface area contributed by atoms with Crippen molar-refractivity contribution < 1.29 is 9.53 Å². The summed E-state index contributed by atoms with van der Waals surface area (Å²) in [6.07, 6.45) is 8.55. The number of amides is 1. The zero-order chi connectivity index (χ0) is 31.3. The van der Waals surface area contributed by atoms with Crippen LogP contribution in [-0.2, 0) is 4.79 Å². The van der Waals surface area contributed by atoms with Crippen molar-refractivity contribution in [3.63, 3.8) is 0 Å². The number of benzene rings is 4. The van der Waals surface area contributed by atoms with E-state index in [-0.39, 0.29) is 11.8 Å². The fraction of sp³-hybridized carbons (Fsp3) is 0.146. The topological polar surface area (TPSA) is 59.7 Å². The normalized spacial score (nSPS) is 19.3. The van der Waals surface area contributed by atoms with Crippen LogP contribution in [-0.4, -0.2) is 21.4 Å². The van der Waals surface area contributed by atoms with Gasteiger partial charge in [-0.3, -0.25) is 4.79 Å². The molecule has 2 saturated carbocycles. The van der Waals surface area contributed by atoms with E-state index in [9.17, 15) is 4.79 Å². The summed E-state index contributed by atoms with van der Waals surface area (Å²) in [6, 6.07) is 40.3. The highest BCUT2D eigenvalue weighted by Gasteiger charge is 2.42. The lowest BCUT2D eigenvalue weighted by Gasteiger charge is -2.21. The smallest absolute Gasteiger partial charge is 0.281 e. The molecule has 4 aromatic carbocycles. The first-order valence-corrected chi connectivity index (χ1v) is 16.4. The zero-order valence-electron chi connectivity index (χ0n) is 25.8. The monoisotopic (exact) mass is 612 g/mol. The van der Waals surface area contributed by atoms with Crippen LogP contribution in [0.1, 0.15) is 54.0 Å². The molecule has 0 atom stereocenters. The lowest BCUT2D eigenvalue weighted by atomic mass is 9.90. The van der Waals surface area contributed by atoms with Gasteiger partial charge < -0.3 is 4.74 Å². The third-order valence-corrected chi connectivity index (χ3v) is 9.16. The second-order valence-corrected chi connectivity index (χ2v) is 12.5. The molecule has 0 unspecified atom stereocenters. The molecule has 9 rings (SSSR count). The highest BCUT2D eigenvalue weighted by Crippen LogP contribution is 2.50. The van der Waals surface area contributed by atoms with E-state index >= 15 is 0 Å². The van der Waals surface area contributed by atoms with Gasteiger partial charge in [-0.1, -0.05) is 97.1 Å². The first kappa shape index (κ1) is 27.6. The van der Waals surface area contributed by atoms with E-state index in [1.54, 1.807) is 5.01 Å². The molecule has 1 aromatic heterocycles. The van der Waals surface area contributed by atoms with Crippen LogP contribution in [0.15, 0.2) is 144 Å². The van der Waals surface area contributed by atoms with E-state index in [4.69, 9.17) is 14.9 Å². The van der Waals surface area contributed by atoms with Gasteiger partial charge in [-0.2, -0.15) is 19.9 Å². The van der Waals surface area contributed by atoms with Gasteiger partial charge in [0.1, 0.15) is 5.76 Å². The Hall–Kier alpha value is -5.75. The van der Waals surface area contributed by atoms with E-state index < -0.39 is 0 Å². The average Bonchev–Trinajstić information content (AvgIpc) is 4.08. The molecule has 2 aliphatic carbocycles. The lowest BCUT2D eigenvalue weighted by molar-refractivity contribution is -0.114. The van der Waals surface area contributed by atoms with Crippen LogP contribution in [0.2, 0.25) is 0 Å². The van der Waals surface area contributed by atoms with Crippen LogP contribution in [0.5, 0.6) is 5.88 Å². The van der Waals surface area contributed by atoms with E-state index in [0.29, 0.717) is 17.4 Å². The molecule has 0 bridgehead atoms. The summed E-state index contributed by atoms with van der Waals surface area (Å²) in [5.74, 6) is 1.97. The number of fused-ring (bicyclic) bond motifs is 1. The predicted octanol–water partition coefficient (Wildman–Crippen LogP) is 8.83. The van der Waals surface area contributed by atoms with Gasteiger partial charge in [-0.25, -0.2) is 0 Å². The SMILES string of the molecule is O=C1/C(=C(\C=C2/C=C(c3ccccc3)Oc3c2c(C2CC2)nn3-c2ccccc2)c2ccccc2)C(C2CC2)=NN1c1ccccc1. The summed E-state index contributed by atoms with van der Waals surface area (Å²) < 4.78 is 8.72. The fourth-order valence-electron chi connectivity index (χ4n) is 6.51. The van der Waals surface area contributed by atoms with Crippen molar-refractivity contribution in [2.75, 3.05) is 5.01 Å². The summed E-state index contributed by atoms with van der Waals surface area (Å²) in [5, 5.41) is 11.8. The Labute approximate surface area is 273 Å². The van der Waals surface area contributed by atoms with E-state index in [1.807, 2.05) is 89.6 Å². The largest absolute Gasteiger partial charge is 0.438 e. The molecule has 3 heterocycles. The zero-order valence-corrected chi connectivity index (χ0v) is 25.8. The van der Waals surface area contributed by atoms with Crippen molar-refractivity contribution in [1.82, 2.24) is 9.78 Å². The molecule has 6 heteroatoms. The second kappa shape index (κ2) is 11.2. The molecular weight excluding hydrogens is 580 g/mol. The van der Waals surface area contributed by atoms with Gasteiger partial charge in [0.15, 0.2) is 0 Å². The summed E-state index contributed by atoms with van der Waals surface area (Å²) in [7, 11) is 0. The highest BCUT2D eigenvalue weighted by atomic mass is 16.5. The van der Waals surface area contributed by atoms with Crippen LogP contribution in [0, 0.1) is 5.92 Å². The van der Waals surface area contributed by atoms with Gasteiger partial charge in [0.25, 0.3) is 5.91 Å². The number of carbonyl (C=O) groups excluding carboxylic acids is 1. The van der Waals surface area contributed by atoms with Crippen molar-refractivity contribution in [2.45, 2.75) is 31.6 Å². The molecular formula is C41H32N4O2. The molecule has 2 fully saturated rings. The third kappa shape index (κ3) is 5.03. The molecule has 47 heavy (non-hydrogen) atoms. The number of anilines is 1. The molecule has 6 nitrogen and oxygen atoms in total. The molecule has 2 aliphatic heterocycles. The van der Waals surface area contributed by atoms with Crippen molar-refractivity contribution >= 4 is 34.2 Å². The lowest BCUT2D eigenvalue weighted by Crippen LogP contribution is -2.22. The van der Waals surface area contributed by atoms with E-state index in [2.05, 4.69) is 48.6 Å². The van der Waals surface area contributed by atoms with Crippen LogP contribution in [0.3, 0.4) is 0 Å². The van der Waals surface area contributed by atoms with E-state index in [0.717, 1.165) is 82.1 Å². The molecule has 0 spiro atoms. The Morgan fingerprint density at radius 2 is 1.32 bits per heavy atom. The molecule has 0 N–H and O–H groups in total. The maximum Gasteiger partial charge on any atom is 0.281 e. The highest BCUT2D eigenvalue weighted by molar-refractivity contribution is 6.36. The van der Waals surface area contributed by atoms with Gasteiger partial charge in [-0.05, 0) is 78.8 Å². The maximum atomic E-state index is 14.5. The number of aromatic nitrogens is 2. The van der Waals surface area contributed by atoms with Gasteiger partial charge in [0.05, 0.1) is 33.9 Å². The summed E-state index contributed by atoms with van der Waals surface area (Å²) in [6.45, 7) is 0. The van der Waals surface area contributed by atoms with Crippen molar-refractivity contribution in [1.29, 1.82) is 0 Å². The molecule has 0 saturated heterocycles. The first-order valence-electron chi connectivity index (χ1n) is 16.4. The van der Waals surface area contributed by atoms with Crippen LogP contribution < -0.4 is 9.75 Å². The number of ether oxygens (including phenoxy) is 1. The van der Waals surface area contributed by atoms with Gasteiger partial charge >= 0.3 is 0 Å². The second-order valence-electron chi connectivity index (χ2n) is 12.5. The average molecular weight is 613 g/mol. The van der Waals surface area contributed by atoms with Gasteiger partial charge in [0.2, 0.25) is 5.88 Å². The molecule has 5 aromatic rings. The van der Waals surface area contributed by atoms with Gasteiger partial charge in [-0.15, -0.1) is 0 Å². The third-order valence-electron chi connectivity index (χ3n) is 9.16. The Balaban J connectivity index is 1.30. The molecule has 0 radical (unpaired) electrons. The Kier molecular flexibility index (Phi) is 6.59. The number of nitrogens with zero attached hydrogens (tertiary/aromatic N) is 4. The Bertz CT molecular complexity index is 2120. The number of para-hydroxylation sites is 2. The number of allylic oxidation sites excluding steroid dienone is 4. The molecule has 4 aliphatic rings. The van der Waals surface area contributed by atoms with E-state index in [1.165, 1.54) is 0 Å². The summed E-state index contributed by atoms with van der Waals surface area (Å²) >= 11 is 0. The standard InChI is InChI=1S/C41H32N4O2/c46-40-37(39(30-23-24-30)42-44(40)32-17-9-3-10-18-32)34(27-13-5-1-6-14-27)25-31-26-35(28-15-7-2-8-16-28)47-41-36(31)38(29-21-22-29)43-45(41)33-19-11-4-12-20-33/h1-20,25-26,29-30H,21-24H2/b31-25+,37-34+. The maximum absolute atomic E-state index is 14.5. The molecule has 1 amide bonds. The van der Waals surface area contributed by atoms with Crippen LogP contribution >= 0.6 is 0 Å². The number of hydrogen-bond donors (Lipinski definition) is 0. The van der Waals surface area contributed by atoms with Crippen molar-refractivity contribution in [2.24, 2.45) is 11.0 Å². The Morgan fingerprint density at radius 1 is 0.723 bits per heavy atom. The molecule has 228 valence electrons. The minimum Gasteiger partial charge on any atom is -0.438 e. The quantitative estimate of drug-likeness (QED) is 0.173.